The van der Waals surface area contributed by atoms with Gasteiger partial charge in [0.05, 0.1) is 12.2 Å². The minimum atomic E-state index is -0.195. The highest BCUT2D eigenvalue weighted by Gasteiger charge is 2.29. The SMILES string of the molecule is CC(N)C(c1cnn(C)c1)N1CCC(CC(N)=O)CC1. The van der Waals surface area contributed by atoms with Crippen LogP contribution in [0.3, 0.4) is 0 Å². The number of aromatic nitrogens is 2. The van der Waals surface area contributed by atoms with Crippen molar-refractivity contribution in [1.82, 2.24) is 14.7 Å². The number of piperidine rings is 1. The van der Waals surface area contributed by atoms with Crippen molar-refractivity contribution in [2.75, 3.05) is 13.1 Å². The fourth-order valence-corrected chi connectivity index (χ4v) is 3.16. The van der Waals surface area contributed by atoms with Crippen LogP contribution in [-0.4, -0.2) is 39.7 Å². The Morgan fingerprint density at radius 1 is 1.50 bits per heavy atom. The molecule has 20 heavy (non-hydrogen) atoms. The van der Waals surface area contributed by atoms with Gasteiger partial charge >= 0.3 is 0 Å². The zero-order valence-electron chi connectivity index (χ0n) is 12.3. The second-order valence-corrected chi connectivity index (χ2v) is 5.90. The summed E-state index contributed by atoms with van der Waals surface area (Å²) < 4.78 is 1.81. The molecule has 6 nitrogen and oxygen atoms in total. The molecule has 1 amide bonds. The van der Waals surface area contributed by atoms with Gasteiger partial charge in [-0.1, -0.05) is 0 Å². The standard InChI is InChI=1S/C14H25N5O/c1-10(15)14(12-8-17-18(2)9-12)19-5-3-11(4-6-19)7-13(16)20/h8-11,14H,3-7,15H2,1-2H3,(H2,16,20). The number of rotatable bonds is 5. The Kier molecular flexibility index (Phi) is 4.77. The maximum absolute atomic E-state index is 11.0. The minimum Gasteiger partial charge on any atom is -0.370 e. The van der Waals surface area contributed by atoms with Crippen LogP contribution in [0.4, 0.5) is 0 Å². The maximum atomic E-state index is 11.0. The molecule has 2 atom stereocenters. The number of carbonyl (C=O) groups is 1. The van der Waals surface area contributed by atoms with E-state index in [4.69, 9.17) is 11.5 Å². The van der Waals surface area contributed by atoms with Gasteiger partial charge in [0, 0.05) is 31.3 Å². The first-order chi connectivity index (χ1) is 9.47. The van der Waals surface area contributed by atoms with Crippen LogP contribution in [0.5, 0.6) is 0 Å². The normalized spacial score (nSPS) is 20.8. The molecule has 0 radical (unpaired) electrons. The summed E-state index contributed by atoms with van der Waals surface area (Å²) >= 11 is 0. The van der Waals surface area contributed by atoms with E-state index in [1.54, 1.807) is 0 Å². The summed E-state index contributed by atoms with van der Waals surface area (Å²) in [6.07, 6.45) is 6.44. The molecule has 1 saturated heterocycles. The van der Waals surface area contributed by atoms with Crippen LogP contribution in [0.15, 0.2) is 12.4 Å². The van der Waals surface area contributed by atoms with Gasteiger partial charge in [0.2, 0.25) is 5.91 Å². The van der Waals surface area contributed by atoms with Gasteiger partial charge in [0.15, 0.2) is 0 Å². The van der Waals surface area contributed by atoms with Crippen LogP contribution in [0, 0.1) is 5.92 Å². The van der Waals surface area contributed by atoms with E-state index in [1.165, 1.54) is 0 Å². The predicted molar refractivity (Wildman–Crippen MR) is 77.7 cm³/mol. The molecule has 2 rings (SSSR count). The summed E-state index contributed by atoms with van der Waals surface area (Å²) in [5, 5.41) is 4.24. The van der Waals surface area contributed by atoms with Gasteiger partial charge in [-0.25, -0.2) is 0 Å². The average Bonchev–Trinajstić information content (AvgIpc) is 2.77. The summed E-state index contributed by atoms with van der Waals surface area (Å²) in [5.41, 5.74) is 12.6. The average molecular weight is 279 g/mol. The number of carbonyl (C=O) groups excluding carboxylic acids is 1. The van der Waals surface area contributed by atoms with Gasteiger partial charge in [-0.2, -0.15) is 5.10 Å². The number of primary amides is 1. The highest BCUT2D eigenvalue weighted by molar-refractivity contribution is 5.73. The first-order valence-electron chi connectivity index (χ1n) is 7.24. The molecule has 0 saturated carbocycles. The predicted octanol–water partition coefficient (Wildman–Crippen LogP) is 0.396. The zero-order chi connectivity index (χ0) is 14.7. The van der Waals surface area contributed by atoms with Crippen LogP contribution in [0.1, 0.15) is 37.8 Å². The van der Waals surface area contributed by atoms with Crippen molar-refractivity contribution in [3.05, 3.63) is 18.0 Å². The molecule has 1 fully saturated rings. The van der Waals surface area contributed by atoms with E-state index in [2.05, 4.69) is 10.00 Å². The Morgan fingerprint density at radius 2 is 2.15 bits per heavy atom. The van der Waals surface area contributed by atoms with E-state index < -0.39 is 0 Å². The molecule has 0 aromatic carbocycles. The van der Waals surface area contributed by atoms with E-state index in [0.29, 0.717) is 12.3 Å². The highest BCUT2D eigenvalue weighted by atomic mass is 16.1. The second kappa shape index (κ2) is 6.37. The van der Waals surface area contributed by atoms with Gasteiger partial charge in [0.1, 0.15) is 0 Å². The topological polar surface area (TPSA) is 90.2 Å². The van der Waals surface area contributed by atoms with Crippen molar-refractivity contribution in [2.24, 2.45) is 24.4 Å². The summed E-state index contributed by atoms with van der Waals surface area (Å²) in [4.78, 5) is 13.4. The summed E-state index contributed by atoms with van der Waals surface area (Å²) in [5.74, 6) is 0.228. The lowest BCUT2D eigenvalue weighted by atomic mass is 9.90. The fraction of sp³-hybridized carbons (Fsp3) is 0.714. The van der Waals surface area contributed by atoms with Gasteiger partial charge < -0.3 is 11.5 Å². The van der Waals surface area contributed by atoms with Crippen molar-refractivity contribution in [3.63, 3.8) is 0 Å². The summed E-state index contributed by atoms with van der Waals surface area (Å²) in [6.45, 7) is 3.95. The first-order valence-corrected chi connectivity index (χ1v) is 7.24. The molecule has 1 aliphatic heterocycles. The largest absolute Gasteiger partial charge is 0.370 e. The molecule has 1 aliphatic rings. The molecule has 1 aromatic rings. The van der Waals surface area contributed by atoms with Gasteiger partial charge in [-0.15, -0.1) is 0 Å². The summed E-state index contributed by atoms with van der Waals surface area (Å²) in [6, 6.07) is 0.241. The third kappa shape index (κ3) is 3.58. The molecule has 0 bridgehead atoms. The third-order valence-electron chi connectivity index (χ3n) is 4.10. The Bertz CT molecular complexity index is 448. The maximum Gasteiger partial charge on any atom is 0.217 e. The van der Waals surface area contributed by atoms with Gasteiger partial charge in [0.25, 0.3) is 0 Å². The van der Waals surface area contributed by atoms with Gasteiger partial charge in [-0.3, -0.25) is 14.4 Å². The number of nitrogens with zero attached hydrogens (tertiary/aromatic N) is 3. The van der Waals surface area contributed by atoms with Crippen LogP contribution in [0.25, 0.3) is 0 Å². The molecule has 2 unspecified atom stereocenters. The fourth-order valence-electron chi connectivity index (χ4n) is 3.16. The monoisotopic (exact) mass is 279 g/mol. The number of amides is 1. The Labute approximate surface area is 120 Å². The highest BCUT2D eigenvalue weighted by Crippen LogP contribution is 2.29. The van der Waals surface area contributed by atoms with Crippen molar-refractivity contribution in [3.8, 4) is 0 Å². The minimum absolute atomic E-state index is 0.0480. The number of likely N-dealkylation sites (tertiary alicyclic amines) is 1. The number of nitrogens with two attached hydrogens (primary N) is 2. The Hall–Kier alpha value is -1.40. The lowest BCUT2D eigenvalue weighted by molar-refractivity contribution is -0.119. The lowest BCUT2D eigenvalue weighted by Crippen LogP contribution is -2.44. The van der Waals surface area contributed by atoms with Crippen LogP contribution in [0.2, 0.25) is 0 Å². The van der Waals surface area contributed by atoms with Crippen molar-refractivity contribution in [1.29, 1.82) is 0 Å². The molecule has 0 spiro atoms. The molecule has 1 aromatic heterocycles. The van der Waals surface area contributed by atoms with E-state index in [-0.39, 0.29) is 18.0 Å². The Balaban J connectivity index is 2.00. The van der Waals surface area contributed by atoms with Crippen LogP contribution in [-0.2, 0) is 11.8 Å². The van der Waals surface area contributed by atoms with E-state index in [9.17, 15) is 4.79 Å². The van der Waals surface area contributed by atoms with Crippen molar-refractivity contribution >= 4 is 5.91 Å². The van der Waals surface area contributed by atoms with Gasteiger partial charge in [-0.05, 0) is 38.8 Å². The zero-order valence-corrected chi connectivity index (χ0v) is 12.3. The second-order valence-electron chi connectivity index (χ2n) is 5.90. The van der Waals surface area contributed by atoms with E-state index >= 15 is 0 Å². The number of aryl methyl sites for hydroxylation is 1. The molecule has 112 valence electrons. The molecule has 6 heteroatoms. The molecule has 0 aliphatic carbocycles. The van der Waals surface area contributed by atoms with E-state index in [0.717, 1.165) is 31.5 Å². The third-order valence-corrected chi connectivity index (χ3v) is 4.10. The quantitative estimate of drug-likeness (QED) is 0.816. The molecule has 4 N–H and O–H groups in total. The summed E-state index contributed by atoms with van der Waals surface area (Å²) in [7, 11) is 1.92. The molecule has 2 heterocycles. The first kappa shape index (κ1) is 15.0. The van der Waals surface area contributed by atoms with Crippen LogP contribution < -0.4 is 11.5 Å². The van der Waals surface area contributed by atoms with Crippen molar-refractivity contribution in [2.45, 2.75) is 38.3 Å². The number of hydrogen-bond donors (Lipinski definition) is 2. The molecular formula is C14H25N5O. The van der Waals surface area contributed by atoms with Crippen LogP contribution >= 0.6 is 0 Å². The van der Waals surface area contributed by atoms with Crippen molar-refractivity contribution < 1.29 is 4.79 Å². The lowest BCUT2D eigenvalue weighted by Gasteiger charge is -2.38. The molecular weight excluding hydrogens is 254 g/mol. The number of hydrogen-bond acceptors (Lipinski definition) is 4. The van der Waals surface area contributed by atoms with E-state index in [1.807, 2.05) is 31.0 Å². The smallest absolute Gasteiger partial charge is 0.217 e. The Morgan fingerprint density at radius 3 is 2.60 bits per heavy atom.